The van der Waals surface area contributed by atoms with Gasteiger partial charge in [0.25, 0.3) is 0 Å². The number of rotatable bonds is 4. The molecule has 0 N–H and O–H groups in total. The molecule has 0 aliphatic heterocycles. The molecule has 0 spiro atoms. The summed E-state index contributed by atoms with van der Waals surface area (Å²) in [4.78, 5) is 12.1. The molecular weight excluding hydrogens is 311 g/mol. The Kier molecular flexibility index (Phi) is 3.96. The van der Waals surface area contributed by atoms with E-state index in [1.54, 1.807) is 0 Å². The van der Waals surface area contributed by atoms with Gasteiger partial charge in [-0.15, -0.1) is 0 Å². The second-order valence-electron chi connectivity index (χ2n) is 4.59. The molecule has 0 aliphatic rings. The summed E-state index contributed by atoms with van der Waals surface area (Å²) in [6.07, 6.45) is 0. The first kappa shape index (κ1) is 13.1. The fourth-order valence-corrected chi connectivity index (χ4v) is 3.87. The van der Waals surface area contributed by atoms with Gasteiger partial charge in [-0.2, -0.15) is 0 Å². The van der Waals surface area contributed by atoms with Gasteiger partial charge in [0.15, 0.2) is 0 Å². The summed E-state index contributed by atoms with van der Waals surface area (Å²) in [5.41, 5.74) is 0.815. The van der Waals surface area contributed by atoms with E-state index in [9.17, 15) is 4.79 Å². The molecule has 3 rings (SSSR count). The molecule has 1 nitrogen and oxygen atoms in total. The molecule has 0 unspecified atom stereocenters. The van der Waals surface area contributed by atoms with Crippen LogP contribution in [0, 0.1) is 0 Å². The van der Waals surface area contributed by atoms with Crippen molar-refractivity contribution in [3.8, 4) is 0 Å². The van der Waals surface area contributed by atoms with Crippen LogP contribution in [0.1, 0.15) is 10.4 Å². The van der Waals surface area contributed by atoms with Gasteiger partial charge in [0.2, 0.25) is 0 Å². The third-order valence-corrected chi connectivity index (χ3v) is 5.27. The van der Waals surface area contributed by atoms with E-state index < -0.39 is 0 Å². The van der Waals surface area contributed by atoms with E-state index in [-0.39, 0.29) is 20.7 Å². The number of Topliss-reactive ketones (excluding diaryl/α,β-unsaturated/α-hetero) is 1. The van der Waals surface area contributed by atoms with E-state index in [1.165, 1.54) is 15.2 Å². The van der Waals surface area contributed by atoms with Crippen LogP contribution < -0.4 is 4.46 Å². The van der Waals surface area contributed by atoms with Crippen molar-refractivity contribution in [3.05, 3.63) is 78.4 Å². The van der Waals surface area contributed by atoms with Gasteiger partial charge in [-0.25, -0.2) is 0 Å². The number of ketones is 1. The van der Waals surface area contributed by atoms with Crippen LogP contribution in [0.15, 0.2) is 72.8 Å². The predicted octanol–water partition coefficient (Wildman–Crippen LogP) is 3.47. The first-order chi connectivity index (χ1) is 9.83. The molecule has 0 radical (unpaired) electrons. The maximum absolute atomic E-state index is 12.1. The van der Waals surface area contributed by atoms with Gasteiger partial charge >= 0.3 is 124 Å². The first-order valence-electron chi connectivity index (χ1n) is 6.53. The number of fused-ring (bicyclic) bond motifs is 1. The predicted molar refractivity (Wildman–Crippen MR) is 84.9 cm³/mol. The van der Waals surface area contributed by atoms with Gasteiger partial charge in [0.05, 0.1) is 0 Å². The Bertz CT molecular complexity index is 735. The average Bonchev–Trinajstić information content (AvgIpc) is 2.53. The monoisotopic (exact) mass is 326 g/mol. The van der Waals surface area contributed by atoms with E-state index in [2.05, 4.69) is 30.3 Å². The standard InChI is InChI=1S/C18H14OSe/c19-18(15-7-2-1-3-8-15)13-20-17-11-10-14-6-4-5-9-16(14)12-17/h1-12H,13H2. The molecule has 0 fully saturated rings. The summed E-state index contributed by atoms with van der Waals surface area (Å²) >= 11 is 0.191. The Morgan fingerprint density at radius 3 is 2.30 bits per heavy atom. The molecule has 98 valence electrons. The first-order valence-corrected chi connectivity index (χ1v) is 8.59. The van der Waals surface area contributed by atoms with Crippen molar-refractivity contribution < 1.29 is 4.79 Å². The van der Waals surface area contributed by atoms with Gasteiger partial charge < -0.3 is 0 Å². The van der Waals surface area contributed by atoms with Crippen molar-refractivity contribution in [2.75, 3.05) is 0 Å². The molecule has 3 aromatic carbocycles. The van der Waals surface area contributed by atoms with E-state index in [0.717, 1.165) is 5.56 Å². The van der Waals surface area contributed by atoms with Crippen LogP contribution in [0.2, 0.25) is 5.32 Å². The Morgan fingerprint density at radius 1 is 0.800 bits per heavy atom. The van der Waals surface area contributed by atoms with Gasteiger partial charge in [0.1, 0.15) is 0 Å². The summed E-state index contributed by atoms with van der Waals surface area (Å²) in [5, 5.41) is 3.12. The van der Waals surface area contributed by atoms with E-state index in [1.807, 2.05) is 42.5 Å². The SMILES string of the molecule is O=C(C[Se]c1ccc2ccccc2c1)c1ccccc1. The second kappa shape index (κ2) is 6.04. The molecule has 0 saturated heterocycles. The fourth-order valence-electron chi connectivity index (χ4n) is 2.11. The number of hydrogen-bond donors (Lipinski definition) is 0. The Morgan fingerprint density at radius 2 is 1.50 bits per heavy atom. The zero-order valence-corrected chi connectivity index (χ0v) is 12.7. The van der Waals surface area contributed by atoms with E-state index in [0.29, 0.717) is 5.32 Å². The van der Waals surface area contributed by atoms with Crippen molar-refractivity contribution in [1.82, 2.24) is 0 Å². The summed E-state index contributed by atoms with van der Waals surface area (Å²) in [7, 11) is 0. The van der Waals surface area contributed by atoms with E-state index >= 15 is 0 Å². The normalized spacial score (nSPS) is 10.6. The quantitative estimate of drug-likeness (QED) is 0.530. The third-order valence-electron chi connectivity index (χ3n) is 3.19. The van der Waals surface area contributed by atoms with Crippen LogP contribution in [0.4, 0.5) is 0 Å². The maximum atomic E-state index is 12.1. The van der Waals surface area contributed by atoms with Crippen molar-refractivity contribution in [2.45, 2.75) is 5.32 Å². The minimum absolute atomic E-state index is 0.191. The molecule has 0 aliphatic carbocycles. The number of benzene rings is 3. The Labute approximate surface area is 124 Å². The molecule has 2 heteroatoms. The van der Waals surface area contributed by atoms with E-state index in [4.69, 9.17) is 0 Å². The van der Waals surface area contributed by atoms with Gasteiger partial charge in [-0.3, -0.25) is 0 Å². The molecule has 0 amide bonds. The average molecular weight is 325 g/mol. The van der Waals surface area contributed by atoms with Crippen LogP contribution in [0.3, 0.4) is 0 Å². The summed E-state index contributed by atoms with van der Waals surface area (Å²) < 4.78 is 1.28. The summed E-state index contributed by atoms with van der Waals surface area (Å²) in [5.74, 6) is 0.235. The van der Waals surface area contributed by atoms with Crippen LogP contribution in [-0.2, 0) is 0 Å². The number of carbonyl (C=O) groups is 1. The topological polar surface area (TPSA) is 17.1 Å². The summed E-state index contributed by atoms with van der Waals surface area (Å²) in [6.45, 7) is 0. The third kappa shape index (κ3) is 2.98. The molecule has 0 aromatic heterocycles. The molecular formula is C18H14OSe. The van der Waals surface area contributed by atoms with Crippen LogP contribution in [0.25, 0.3) is 10.8 Å². The zero-order chi connectivity index (χ0) is 13.8. The molecule has 20 heavy (non-hydrogen) atoms. The second-order valence-corrected chi connectivity index (χ2v) is 6.79. The van der Waals surface area contributed by atoms with Gasteiger partial charge in [-0.05, 0) is 0 Å². The number of carbonyl (C=O) groups excluding carboxylic acids is 1. The zero-order valence-electron chi connectivity index (χ0n) is 11.0. The Balaban J connectivity index is 1.72. The fraction of sp³-hybridized carbons (Fsp3) is 0.0556. The minimum atomic E-state index is 0.191. The van der Waals surface area contributed by atoms with Crippen molar-refractivity contribution in [3.63, 3.8) is 0 Å². The van der Waals surface area contributed by atoms with Crippen LogP contribution >= 0.6 is 0 Å². The molecule has 0 bridgehead atoms. The van der Waals surface area contributed by atoms with Crippen molar-refractivity contribution >= 4 is 36.0 Å². The van der Waals surface area contributed by atoms with Crippen LogP contribution in [-0.4, -0.2) is 20.7 Å². The molecule has 0 atom stereocenters. The van der Waals surface area contributed by atoms with Crippen molar-refractivity contribution in [2.24, 2.45) is 0 Å². The van der Waals surface area contributed by atoms with Gasteiger partial charge in [0, 0.05) is 0 Å². The molecule has 0 saturated carbocycles. The molecule has 3 aromatic rings. The van der Waals surface area contributed by atoms with Crippen molar-refractivity contribution in [1.29, 1.82) is 0 Å². The summed E-state index contributed by atoms with van der Waals surface area (Å²) in [6, 6.07) is 24.3. The van der Waals surface area contributed by atoms with Gasteiger partial charge in [-0.1, -0.05) is 0 Å². The number of hydrogen-bond acceptors (Lipinski definition) is 1. The van der Waals surface area contributed by atoms with Crippen LogP contribution in [0.5, 0.6) is 0 Å². The Hall–Kier alpha value is -1.89. The molecule has 0 heterocycles.